The van der Waals surface area contributed by atoms with Crippen molar-refractivity contribution in [2.45, 2.75) is 24.5 Å². The van der Waals surface area contributed by atoms with Gasteiger partial charge in [0.2, 0.25) is 0 Å². The molecule has 2 unspecified atom stereocenters. The van der Waals surface area contributed by atoms with Crippen LogP contribution in [-0.4, -0.2) is 59.8 Å². The fraction of sp³-hybridized carbons (Fsp3) is 0.500. The van der Waals surface area contributed by atoms with Crippen LogP contribution in [-0.2, 0) is 4.74 Å². The van der Waals surface area contributed by atoms with Crippen LogP contribution in [0.4, 0.5) is 5.82 Å². The van der Waals surface area contributed by atoms with Crippen molar-refractivity contribution in [1.29, 1.82) is 0 Å². The number of fused-ring (bicyclic) bond motifs is 1. The number of ether oxygens (including phenoxy) is 1. The lowest BCUT2D eigenvalue weighted by atomic mass is 10.1. The number of nitrogens with two attached hydrogens (primary N) is 1. The second-order valence-electron chi connectivity index (χ2n) is 4.31. The molecule has 0 spiro atoms. The van der Waals surface area contributed by atoms with Crippen molar-refractivity contribution in [3.8, 4) is 0 Å². The third-order valence-electron chi connectivity index (χ3n) is 3.18. The number of anilines is 1. The zero-order valence-electron chi connectivity index (χ0n) is 9.79. The molecule has 1 aliphatic rings. The Kier molecular flexibility index (Phi) is 2.82. The molecule has 3 rings (SSSR count). The number of nitrogen functional groups attached to an aromatic ring is 1. The summed E-state index contributed by atoms with van der Waals surface area (Å²) in [5.74, 6) is 0.218. The average molecular weight is 267 g/mol. The molecule has 5 N–H and O–H groups in total. The molecule has 102 valence electrons. The zero-order chi connectivity index (χ0) is 13.6. The predicted molar refractivity (Wildman–Crippen MR) is 62.7 cm³/mol. The van der Waals surface area contributed by atoms with E-state index < -0.39 is 31.1 Å². The Bertz CT molecular complexity index is 603. The van der Waals surface area contributed by atoms with Gasteiger partial charge in [0.25, 0.3) is 0 Å². The zero-order valence-corrected chi connectivity index (χ0v) is 9.79. The molecule has 19 heavy (non-hydrogen) atoms. The molecule has 9 nitrogen and oxygen atoms in total. The number of aliphatic hydroxyl groups excluding tert-OH is 3. The van der Waals surface area contributed by atoms with Gasteiger partial charge >= 0.3 is 0 Å². The summed E-state index contributed by atoms with van der Waals surface area (Å²) in [6.45, 7) is -0.390. The van der Waals surface area contributed by atoms with Crippen molar-refractivity contribution in [3.05, 3.63) is 12.7 Å². The monoisotopic (exact) mass is 267 g/mol. The summed E-state index contributed by atoms with van der Waals surface area (Å²) in [7, 11) is 0. The normalized spacial score (nSPS) is 31.1. The van der Waals surface area contributed by atoms with E-state index in [1.165, 1.54) is 17.2 Å². The molecule has 2 aromatic rings. The van der Waals surface area contributed by atoms with Crippen LogP contribution in [0.3, 0.4) is 0 Å². The van der Waals surface area contributed by atoms with E-state index in [4.69, 9.17) is 15.6 Å². The van der Waals surface area contributed by atoms with Gasteiger partial charge in [0.05, 0.1) is 12.9 Å². The molecule has 1 saturated heterocycles. The maximum absolute atomic E-state index is 9.95. The Morgan fingerprint density at radius 3 is 2.74 bits per heavy atom. The van der Waals surface area contributed by atoms with Gasteiger partial charge in [-0.25, -0.2) is 15.0 Å². The first-order valence-electron chi connectivity index (χ1n) is 5.69. The Morgan fingerprint density at radius 1 is 1.26 bits per heavy atom. The molecule has 2 aromatic heterocycles. The van der Waals surface area contributed by atoms with Crippen LogP contribution in [0.15, 0.2) is 12.7 Å². The Morgan fingerprint density at radius 2 is 2.05 bits per heavy atom. The molecule has 0 saturated carbocycles. The first kappa shape index (κ1) is 12.2. The van der Waals surface area contributed by atoms with Crippen molar-refractivity contribution in [1.82, 2.24) is 19.5 Å². The summed E-state index contributed by atoms with van der Waals surface area (Å²) in [5.41, 5.74) is 6.44. The molecule has 1 aliphatic heterocycles. The summed E-state index contributed by atoms with van der Waals surface area (Å²) in [5, 5.41) is 28.7. The van der Waals surface area contributed by atoms with Crippen LogP contribution in [0.5, 0.6) is 0 Å². The van der Waals surface area contributed by atoms with Crippen LogP contribution in [0.25, 0.3) is 11.2 Å². The minimum Gasteiger partial charge on any atom is -0.394 e. The van der Waals surface area contributed by atoms with Crippen LogP contribution in [0.2, 0.25) is 0 Å². The first-order valence-corrected chi connectivity index (χ1v) is 5.69. The Hall–Kier alpha value is -1.81. The highest BCUT2D eigenvalue weighted by Gasteiger charge is 2.43. The third kappa shape index (κ3) is 1.75. The van der Waals surface area contributed by atoms with Gasteiger partial charge in [0, 0.05) is 0 Å². The van der Waals surface area contributed by atoms with E-state index in [2.05, 4.69) is 15.0 Å². The molecule has 0 bridgehead atoms. The van der Waals surface area contributed by atoms with Gasteiger partial charge in [-0.2, -0.15) is 0 Å². The summed E-state index contributed by atoms with van der Waals surface area (Å²) in [6, 6.07) is 0. The predicted octanol–water partition coefficient (Wildman–Crippen LogP) is -1.98. The van der Waals surface area contributed by atoms with E-state index in [9.17, 15) is 10.2 Å². The molecule has 0 aliphatic carbocycles. The van der Waals surface area contributed by atoms with E-state index in [-0.39, 0.29) is 5.82 Å². The standard InChI is InChI=1S/C10H13N5O4/c11-8-5-9(13-2-12-8)15(3-14-5)10-7(18)6(17)4(1-16)19-10/h2-4,6-7,10,16-18H,1H2,(H2,11,12,13)/t4?,6-,7+,10?/m1/s1. The van der Waals surface area contributed by atoms with Gasteiger partial charge in [-0.3, -0.25) is 4.57 Å². The van der Waals surface area contributed by atoms with E-state index in [0.29, 0.717) is 11.2 Å². The van der Waals surface area contributed by atoms with Gasteiger partial charge < -0.3 is 25.8 Å². The number of aliphatic hydroxyl groups is 3. The number of imidazole rings is 1. The van der Waals surface area contributed by atoms with Crippen molar-refractivity contribution in [2.75, 3.05) is 12.3 Å². The van der Waals surface area contributed by atoms with E-state index in [1.54, 1.807) is 0 Å². The summed E-state index contributed by atoms with van der Waals surface area (Å²) in [6.07, 6.45) is -1.42. The molecular formula is C10H13N5O4. The summed E-state index contributed by atoms with van der Waals surface area (Å²) in [4.78, 5) is 11.9. The number of hydrogen-bond donors (Lipinski definition) is 4. The number of hydrogen-bond acceptors (Lipinski definition) is 8. The fourth-order valence-electron chi connectivity index (χ4n) is 2.17. The molecule has 0 amide bonds. The number of nitrogens with zero attached hydrogens (tertiary/aromatic N) is 4. The molecule has 0 radical (unpaired) electrons. The highest BCUT2D eigenvalue weighted by molar-refractivity contribution is 5.81. The van der Waals surface area contributed by atoms with Crippen molar-refractivity contribution in [2.24, 2.45) is 0 Å². The molecule has 4 atom stereocenters. The van der Waals surface area contributed by atoms with E-state index >= 15 is 0 Å². The van der Waals surface area contributed by atoms with E-state index in [0.717, 1.165) is 0 Å². The third-order valence-corrected chi connectivity index (χ3v) is 3.18. The topological polar surface area (TPSA) is 140 Å². The average Bonchev–Trinajstić information content (AvgIpc) is 2.94. The van der Waals surface area contributed by atoms with Gasteiger partial charge in [0.1, 0.15) is 30.2 Å². The maximum atomic E-state index is 9.95. The molecule has 3 heterocycles. The highest BCUT2D eigenvalue weighted by atomic mass is 16.6. The highest BCUT2D eigenvalue weighted by Crippen LogP contribution is 2.31. The second-order valence-corrected chi connectivity index (χ2v) is 4.31. The lowest BCUT2D eigenvalue weighted by molar-refractivity contribution is -0.0511. The summed E-state index contributed by atoms with van der Waals surface area (Å²) >= 11 is 0. The van der Waals surface area contributed by atoms with Gasteiger partial charge in [0.15, 0.2) is 17.7 Å². The molecular weight excluding hydrogens is 254 g/mol. The lowest BCUT2D eigenvalue weighted by Crippen LogP contribution is -2.33. The minimum atomic E-state index is -1.19. The SMILES string of the molecule is Nc1ncnc2c1ncn2C1OC(CO)[C@@H](O)[C@@H]1O. The number of rotatable bonds is 2. The largest absolute Gasteiger partial charge is 0.394 e. The minimum absolute atomic E-state index is 0.218. The quantitative estimate of drug-likeness (QED) is 0.491. The Labute approximate surface area is 107 Å². The lowest BCUT2D eigenvalue weighted by Gasteiger charge is -2.16. The van der Waals surface area contributed by atoms with Crippen LogP contribution in [0.1, 0.15) is 6.23 Å². The smallest absolute Gasteiger partial charge is 0.167 e. The second kappa shape index (κ2) is 4.38. The summed E-state index contributed by atoms with van der Waals surface area (Å²) < 4.78 is 6.85. The molecule has 9 heteroatoms. The van der Waals surface area contributed by atoms with Crippen LogP contribution >= 0.6 is 0 Å². The van der Waals surface area contributed by atoms with Gasteiger partial charge in [-0.1, -0.05) is 0 Å². The van der Waals surface area contributed by atoms with Crippen molar-refractivity contribution < 1.29 is 20.1 Å². The Balaban J connectivity index is 2.04. The van der Waals surface area contributed by atoms with Crippen LogP contribution < -0.4 is 5.73 Å². The first-order chi connectivity index (χ1) is 9.13. The fourth-order valence-corrected chi connectivity index (χ4v) is 2.17. The molecule has 0 aromatic carbocycles. The van der Waals surface area contributed by atoms with Gasteiger partial charge in [-0.15, -0.1) is 0 Å². The van der Waals surface area contributed by atoms with Gasteiger partial charge in [-0.05, 0) is 0 Å². The maximum Gasteiger partial charge on any atom is 0.167 e. The van der Waals surface area contributed by atoms with Crippen molar-refractivity contribution in [3.63, 3.8) is 0 Å². The van der Waals surface area contributed by atoms with E-state index in [1.807, 2.05) is 0 Å². The van der Waals surface area contributed by atoms with Crippen LogP contribution in [0, 0.1) is 0 Å². The van der Waals surface area contributed by atoms with Crippen molar-refractivity contribution >= 4 is 17.0 Å². The molecule has 1 fully saturated rings. The number of aromatic nitrogens is 4.